The highest BCUT2D eigenvalue weighted by Gasteiger charge is 2.32. The minimum atomic E-state index is -0.669. The maximum atomic E-state index is 14.3. The molecule has 1 aromatic heterocycles. The van der Waals surface area contributed by atoms with E-state index in [0.717, 1.165) is 32.7 Å². The Morgan fingerprint density at radius 2 is 1.51 bits per heavy atom. The van der Waals surface area contributed by atoms with Crippen molar-refractivity contribution in [2.45, 2.75) is 13.0 Å². The van der Waals surface area contributed by atoms with Crippen molar-refractivity contribution < 1.29 is 9.53 Å². The monoisotopic (exact) mass is 581 g/mol. The zero-order chi connectivity index (χ0) is 29.5. The normalized spacial score (nSPS) is 14.9. The van der Waals surface area contributed by atoms with Crippen LogP contribution in [-0.2, 0) is 4.79 Å². The third kappa shape index (κ3) is 4.73. The van der Waals surface area contributed by atoms with Gasteiger partial charge in [-0.2, -0.15) is 0 Å². The van der Waals surface area contributed by atoms with Gasteiger partial charge in [-0.05, 0) is 76.0 Å². The van der Waals surface area contributed by atoms with Crippen molar-refractivity contribution >= 4 is 50.6 Å². The summed E-state index contributed by atoms with van der Waals surface area (Å²) in [6, 6.07) is 34.7. The second-order valence-corrected chi connectivity index (χ2v) is 11.4. The fraction of sp³-hybridized carbons (Fsp3) is 0.0833. The Labute approximate surface area is 251 Å². The van der Waals surface area contributed by atoms with Crippen molar-refractivity contribution in [3.63, 3.8) is 0 Å². The summed E-state index contributed by atoms with van der Waals surface area (Å²) in [7, 11) is 1.61. The number of fused-ring (bicyclic) bond motifs is 3. The summed E-state index contributed by atoms with van der Waals surface area (Å²) < 4.78 is 7.59. The van der Waals surface area contributed by atoms with Crippen LogP contribution in [-0.4, -0.2) is 17.6 Å². The van der Waals surface area contributed by atoms with Crippen LogP contribution in [0.1, 0.15) is 24.1 Å². The van der Waals surface area contributed by atoms with Crippen molar-refractivity contribution in [2.75, 3.05) is 12.4 Å². The molecule has 0 aliphatic carbocycles. The van der Waals surface area contributed by atoms with Gasteiger partial charge in [0.05, 0.1) is 29.0 Å². The Hall–Kier alpha value is -5.27. The van der Waals surface area contributed by atoms with Crippen molar-refractivity contribution in [1.29, 1.82) is 0 Å². The van der Waals surface area contributed by atoms with Gasteiger partial charge in [-0.25, -0.2) is 4.99 Å². The van der Waals surface area contributed by atoms with Gasteiger partial charge in [-0.3, -0.25) is 14.2 Å². The number of para-hydroxylation sites is 1. The minimum Gasteiger partial charge on any atom is -0.497 e. The van der Waals surface area contributed by atoms with E-state index in [1.54, 1.807) is 11.7 Å². The summed E-state index contributed by atoms with van der Waals surface area (Å²) in [5, 5.41) is 7.34. The summed E-state index contributed by atoms with van der Waals surface area (Å²) in [5.74, 6) is 0.387. The number of thiazole rings is 1. The first kappa shape index (κ1) is 26.6. The van der Waals surface area contributed by atoms with Crippen LogP contribution in [0.2, 0.25) is 0 Å². The van der Waals surface area contributed by atoms with Crippen LogP contribution >= 0.6 is 11.3 Å². The molecule has 0 bridgehead atoms. The molecule has 7 rings (SSSR count). The molecule has 1 N–H and O–H groups in total. The number of carbonyl (C=O) groups excluding carboxylic acids is 1. The highest BCUT2D eigenvalue weighted by molar-refractivity contribution is 7.07. The van der Waals surface area contributed by atoms with Crippen molar-refractivity contribution in [2.24, 2.45) is 4.99 Å². The number of benzene rings is 5. The first-order valence-electron chi connectivity index (χ1n) is 14.0. The van der Waals surface area contributed by atoms with E-state index in [-0.39, 0.29) is 11.5 Å². The van der Waals surface area contributed by atoms with Crippen LogP contribution in [0, 0.1) is 0 Å². The maximum absolute atomic E-state index is 14.3. The molecule has 210 valence electrons. The summed E-state index contributed by atoms with van der Waals surface area (Å²) in [6.45, 7) is 1.83. The number of amides is 1. The molecule has 0 fully saturated rings. The standard InChI is InChI=1S/C36H27N3O3S/c1-22-32(34(40)38-26-12-4-3-5-13-26)33(23-16-18-27(42-2)19-17-23)39-35(41)31(43-36(39)37-22)21-30-28-14-8-6-10-24(28)20-25-11-7-9-15-29(25)30/h3-21,33H,1-2H3,(H,38,40)/b31-21+/t33-/m1/s1. The molecule has 0 unspecified atom stereocenters. The first-order valence-corrected chi connectivity index (χ1v) is 14.8. The summed E-state index contributed by atoms with van der Waals surface area (Å²) >= 11 is 1.34. The number of rotatable bonds is 5. The molecule has 6 aromatic rings. The molecule has 43 heavy (non-hydrogen) atoms. The molecule has 2 heterocycles. The number of hydrogen-bond donors (Lipinski definition) is 1. The lowest BCUT2D eigenvalue weighted by molar-refractivity contribution is -0.113. The molecule has 0 radical (unpaired) electrons. The Morgan fingerprint density at radius 3 is 2.16 bits per heavy atom. The van der Waals surface area contributed by atoms with Gasteiger partial charge in [0.1, 0.15) is 5.75 Å². The summed E-state index contributed by atoms with van der Waals surface area (Å²) in [4.78, 5) is 33.5. The molecule has 7 heteroatoms. The lowest BCUT2D eigenvalue weighted by Crippen LogP contribution is -2.40. The predicted octanol–water partition coefficient (Wildman–Crippen LogP) is 6.19. The third-order valence-electron chi connectivity index (χ3n) is 7.82. The number of methoxy groups -OCH3 is 1. The number of aromatic nitrogens is 1. The number of nitrogens with one attached hydrogen (secondary N) is 1. The van der Waals surface area contributed by atoms with Crippen LogP contribution in [0.3, 0.4) is 0 Å². The Kier molecular flexibility index (Phi) is 6.72. The third-order valence-corrected chi connectivity index (χ3v) is 8.80. The van der Waals surface area contributed by atoms with E-state index >= 15 is 0 Å². The van der Waals surface area contributed by atoms with Crippen LogP contribution in [0.4, 0.5) is 5.69 Å². The first-order chi connectivity index (χ1) is 21.0. The van der Waals surface area contributed by atoms with Gasteiger partial charge in [-0.15, -0.1) is 0 Å². The number of ether oxygens (including phenoxy) is 1. The van der Waals surface area contributed by atoms with Gasteiger partial charge < -0.3 is 10.1 Å². The summed E-state index contributed by atoms with van der Waals surface area (Å²) in [6.07, 6.45) is 1.97. The van der Waals surface area contributed by atoms with E-state index in [4.69, 9.17) is 9.73 Å². The Bertz CT molecular complexity index is 2190. The number of nitrogens with zero attached hydrogens (tertiary/aromatic N) is 2. The van der Waals surface area contributed by atoms with E-state index in [2.05, 4.69) is 35.6 Å². The molecule has 0 saturated heterocycles. The Balaban J connectivity index is 1.45. The molecule has 5 aromatic carbocycles. The van der Waals surface area contributed by atoms with Gasteiger partial charge in [-0.1, -0.05) is 90.2 Å². The quantitative estimate of drug-likeness (QED) is 0.247. The van der Waals surface area contributed by atoms with Gasteiger partial charge in [0, 0.05) is 5.69 Å². The zero-order valence-electron chi connectivity index (χ0n) is 23.6. The summed E-state index contributed by atoms with van der Waals surface area (Å²) in [5.41, 5.74) is 3.23. The van der Waals surface area contributed by atoms with Crippen molar-refractivity contribution in [3.8, 4) is 5.75 Å². The molecular formula is C36H27N3O3S. The molecule has 0 spiro atoms. The van der Waals surface area contributed by atoms with Crippen LogP contribution < -0.4 is 24.9 Å². The highest BCUT2D eigenvalue weighted by Crippen LogP contribution is 2.32. The number of allylic oxidation sites excluding steroid dienone is 1. The van der Waals surface area contributed by atoms with Crippen LogP contribution in [0.15, 0.2) is 130 Å². The topological polar surface area (TPSA) is 72.7 Å². The van der Waals surface area contributed by atoms with E-state index < -0.39 is 6.04 Å². The highest BCUT2D eigenvalue weighted by atomic mass is 32.1. The smallest absolute Gasteiger partial charge is 0.271 e. The molecular weight excluding hydrogens is 554 g/mol. The second-order valence-electron chi connectivity index (χ2n) is 10.4. The molecule has 1 aliphatic heterocycles. The molecule has 1 atom stereocenters. The average molecular weight is 582 g/mol. The minimum absolute atomic E-state index is 0.195. The Morgan fingerprint density at radius 1 is 0.884 bits per heavy atom. The molecule has 6 nitrogen and oxygen atoms in total. The molecule has 1 aliphatic rings. The lowest BCUT2D eigenvalue weighted by atomic mass is 9.95. The lowest BCUT2D eigenvalue weighted by Gasteiger charge is -2.25. The van der Waals surface area contributed by atoms with Crippen LogP contribution in [0.5, 0.6) is 5.75 Å². The number of carbonyl (C=O) groups is 1. The van der Waals surface area contributed by atoms with E-state index in [0.29, 0.717) is 32.0 Å². The van der Waals surface area contributed by atoms with Crippen LogP contribution in [0.25, 0.3) is 27.6 Å². The van der Waals surface area contributed by atoms with Crippen molar-refractivity contribution in [3.05, 3.63) is 151 Å². The van der Waals surface area contributed by atoms with Gasteiger partial charge in [0.2, 0.25) is 0 Å². The predicted molar refractivity (Wildman–Crippen MR) is 173 cm³/mol. The fourth-order valence-corrected chi connectivity index (χ4v) is 6.80. The SMILES string of the molecule is COc1ccc([C@@H]2C(C(=O)Nc3ccccc3)=C(C)N=c3s/c(=C/c4c5ccccc5cc5ccccc45)c(=O)n32)cc1. The van der Waals surface area contributed by atoms with Gasteiger partial charge in [0.15, 0.2) is 4.80 Å². The largest absolute Gasteiger partial charge is 0.497 e. The van der Waals surface area contributed by atoms with E-state index in [9.17, 15) is 9.59 Å². The fourth-order valence-electron chi connectivity index (χ4n) is 5.77. The van der Waals surface area contributed by atoms with Crippen molar-refractivity contribution in [1.82, 2.24) is 4.57 Å². The maximum Gasteiger partial charge on any atom is 0.271 e. The van der Waals surface area contributed by atoms with Gasteiger partial charge >= 0.3 is 0 Å². The van der Waals surface area contributed by atoms with E-state index in [1.807, 2.05) is 91.9 Å². The van der Waals surface area contributed by atoms with E-state index in [1.165, 1.54) is 11.3 Å². The molecule has 1 amide bonds. The number of hydrogen-bond acceptors (Lipinski definition) is 5. The number of anilines is 1. The average Bonchev–Trinajstić information content (AvgIpc) is 3.34. The zero-order valence-corrected chi connectivity index (χ0v) is 24.4. The second kappa shape index (κ2) is 10.9. The molecule has 0 saturated carbocycles. The van der Waals surface area contributed by atoms with Gasteiger partial charge in [0.25, 0.3) is 11.5 Å².